The average Bonchev–Trinajstić information content (AvgIpc) is 2.69. The molecule has 2 fully saturated rings. The summed E-state index contributed by atoms with van der Waals surface area (Å²) in [6, 6.07) is 2.00. The monoisotopic (exact) mass is 359 g/mol. The lowest BCUT2D eigenvalue weighted by molar-refractivity contribution is 0.122. The molecule has 0 unspecified atom stereocenters. The van der Waals surface area contributed by atoms with Gasteiger partial charge in [0.1, 0.15) is 12.1 Å². The summed E-state index contributed by atoms with van der Waals surface area (Å²) in [6.07, 6.45) is 2.59. The van der Waals surface area contributed by atoms with E-state index in [1.165, 1.54) is 12.5 Å². The van der Waals surface area contributed by atoms with E-state index < -0.39 is 0 Å². The Morgan fingerprint density at radius 1 is 0.962 bits per heavy atom. The number of halogens is 1. The van der Waals surface area contributed by atoms with Crippen LogP contribution < -0.4 is 14.7 Å². The maximum absolute atomic E-state index is 13.9. The zero-order valence-corrected chi connectivity index (χ0v) is 14.8. The van der Waals surface area contributed by atoms with Crippen LogP contribution in [0.4, 0.5) is 22.0 Å². The lowest BCUT2D eigenvalue weighted by Gasteiger charge is -2.36. The number of hydrogen-bond donors (Lipinski definition) is 0. The Hall–Kier alpha value is -2.55. The van der Waals surface area contributed by atoms with E-state index >= 15 is 0 Å². The Labute approximate surface area is 151 Å². The van der Waals surface area contributed by atoms with Gasteiger partial charge in [-0.25, -0.2) is 19.3 Å². The zero-order valence-electron chi connectivity index (χ0n) is 14.8. The first-order valence-corrected chi connectivity index (χ1v) is 8.84. The summed E-state index contributed by atoms with van der Waals surface area (Å²) in [7, 11) is 0. The van der Waals surface area contributed by atoms with Crippen LogP contribution in [0.25, 0.3) is 0 Å². The molecular formula is C17H22FN7O. The molecule has 0 bridgehead atoms. The molecule has 0 atom stereocenters. The smallest absolute Gasteiger partial charge is 0.227 e. The molecular weight excluding hydrogens is 337 g/mol. The fourth-order valence-corrected chi connectivity index (χ4v) is 3.29. The molecule has 26 heavy (non-hydrogen) atoms. The minimum atomic E-state index is -0.381. The van der Waals surface area contributed by atoms with Crippen LogP contribution in [-0.2, 0) is 4.74 Å². The highest BCUT2D eigenvalue weighted by atomic mass is 19.1. The van der Waals surface area contributed by atoms with Crippen molar-refractivity contribution in [2.75, 3.05) is 67.2 Å². The van der Waals surface area contributed by atoms with Crippen LogP contribution in [0.2, 0.25) is 0 Å². The Morgan fingerprint density at radius 3 is 2.42 bits per heavy atom. The quantitative estimate of drug-likeness (QED) is 0.800. The van der Waals surface area contributed by atoms with Crippen LogP contribution in [0.3, 0.4) is 0 Å². The first-order valence-electron chi connectivity index (χ1n) is 8.84. The number of aryl methyl sites for hydroxylation is 1. The van der Waals surface area contributed by atoms with Gasteiger partial charge in [-0.05, 0) is 6.92 Å². The van der Waals surface area contributed by atoms with Gasteiger partial charge in [-0.15, -0.1) is 0 Å². The number of rotatable bonds is 3. The molecule has 2 aromatic heterocycles. The van der Waals surface area contributed by atoms with Gasteiger partial charge in [0.25, 0.3) is 0 Å². The predicted molar refractivity (Wildman–Crippen MR) is 96.2 cm³/mol. The summed E-state index contributed by atoms with van der Waals surface area (Å²) in [5, 5.41) is 0. The SMILES string of the molecule is Cc1cc(N2CCN(c3ncncc3F)CC2)nc(N2CCOCC2)n1. The van der Waals surface area contributed by atoms with Crippen molar-refractivity contribution in [1.29, 1.82) is 0 Å². The van der Waals surface area contributed by atoms with Crippen LogP contribution in [-0.4, -0.2) is 72.4 Å². The van der Waals surface area contributed by atoms with E-state index in [9.17, 15) is 4.39 Å². The van der Waals surface area contributed by atoms with Crippen LogP contribution >= 0.6 is 0 Å². The van der Waals surface area contributed by atoms with Crippen molar-refractivity contribution >= 4 is 17.6 Å². The fourth-order valence-electron chi connectivity index (χ4n) is 3.29. The minimum Gasteiger partial charge on any atom is -0.378 e. The number of piperazine rings is 1. The number of ether oxygens (including phenoxy) is 1. The molecule has 8 nitrogen and oxygen atoms in total. The van der Waals surface area contributed by atoms with Crippen molar-refractivity contribution in [3.05, 3.63) is 30.1 Å². The number of anilines is 3. The molecule has 9 heteroatoms. The lowest BCUT2D eigenvalue weighted by atomic mass is 10.3. The number of aromatic nitrogens is 4. The van der Waals surface area contributed by atoms with Gasteiger partial charge >= 0.3 is 0 Å². The van der Waals surface area contributed by atoms with Gasteiger partial charge < -0.3 is 19.4 Å². The Kier molecular flexibility index (Phi) is 4.79. The predicted octanol–water partition coefficient (Wildman–Crippen LogP) is 0.877. The molecule has 0 aromatic carbocycles. The van der Waals surface area contributed by atoms with Gasteiger partial charge in [0, 0.05) is 51.0 Å². The van der Waals surface area contributed by atoms with Crippen LogP contribution in [0.15, 0.2) is 18.6 Å². The maximum atomic E-state index is 13.9. The van der Waals surface area contributed by atoms with Gasteiger partial charge in [-0.2, -0.15) is 4.98 Å². The highest BCUT2D eigenvalue weighted by Gasteiger charge is 2.23. The van der Waals surface area contributed by atoms with Crippen molar-refractivity contribution in [3.8, 4) is 0 Å². The minimum absolute atomic E-state index is 0.368. The van der Waals surface area contributed by atoms with Crippen molar-refractivity contribution in [1.82, 2.24) is 19.9 Å². The van der Waals surface area contributed by atoms with Crippen molar-refractivity contribution in [2.45, 2.75) is 6.92 Å². The number of hydrogen-bond acceptors (Lipinski definition) is 8. The summed E-state index contributed by atoms with van der Waals surface area (Å²) in [6.45, 7) is 7.89. The lowest BCUT2D eigenvalue weighted by Crippen LogP contribution is -2.47. The molecule has 0 aliphatic carbocycles. The summed E-state index contributed by atoms with van der Waals surface area (Å²) in [5.74, 6) is 1.66. The first kappa shape index (κ1) is 16.9. The summed E-state index contributed by atoms with van der Waals surface area (Å²) < 4.78 is 19.3. The summed E-state index contributed by atoms with van der Waals surface area (Å²) >= 11 is 0. The Balaban J connectivity index is 1.47. The van der Waals surface area contributed by atoms with Crippen molar-refractivity contribution in [3.63, 3.8) is 0 Å². The van der Waals surface area contributed by atoms with E-state index in [0.717, 1.165) is 43.6 Å². The third-order valence-electron chi connectivity index (χ3n) is 4.67. The Morgan fingerprint density at radius 2 is 1.69 bits per heavy atom. The van der Waals surface area contributed by atoms with Gasteiger partial charge in [0.15, 0.2) is 11.6 Å². The largest absolute Gasteiger partial charge is 0.378 e. The van der Waals surface area contributed by atoms with Gasteiger partial charge in [0.2, 0.25) is 5.95 Å². The average molecular weight is 359 g/mol. The third-order valence-corrected chi connectivity index (χ3v) is 4.67. The van der Waals surface area contributed by atoms with E-state index in [1.54, 1.807) is 0 Å². The van der Waals surface area contributed by atoms with Crippen LogP contribution in [0, 0.1) is 12.7 Å². The molecule has 0 amide bonds. The Bertz CT molecular complexity index is 761. The second kappa shape index (κ2) is 7.36. The second-order valence-corrected chi connectivity index (χ2v) is 6.44. The van der Waals surface area contributed by atoms with E-state index in [0.29, 0.717) is 32.1 Å². The molecule has 0 saturated carbocycles. The van der Waals surface area contributed by atoms with Crippen LogP contribution in [0.1, 0.15) is 5.69 Å². The molecule has 0 N–H and O–H groups in total. The molecule has 0 spiro atoms. The molecule has 2 aliphatic heterocycles. The van der Waals surface area contributed by atoms with Gasteiger partial charge in [-0.3, -0.25) is 0 Å². The standard InChI is InChI=1S/C17H22FN7O/c1-13-10-15(22-17(21-13)25-6-8-26-9-7-25)23-2-4-24(5-3-23)16-14(18)11-19-12-20-16/h10-12H,2-9H2,1H3. The van der Waals surface area contributed by atoms with E-state index in [1.807, 2.05) is 17.9 Å². The van der Waals surface area contributed by atoms with Crippen molar-refractivity contribution < 1.29 is 9.13 Å². The van der Waals surface area contributed by atoms with E-state index in [2.05, 4.69) is 24.8 Å². The molecule has 2 saturated heterocycles. The molecule has 2 aliphatic rings. The highest BCUT2D eigenvalue weighted by Crippen LogP contribution is 2.22. The van der Waals surface area contributed by atoms with Gasteiger partial charge in [-0.1, -0.05) is 0 Å². The summed E-state index contributed by atoms with van der Waals surface area (Å²) in [5.41, 5.74) is 0.945. The van der Waals surface area contributed by atoms with E-state index in [-0.39, 0.29) is 5.82 Å². The molecule has 0 radical (unpaired) electrons. The number of nitrogens with zero attached hydrogens (tertiary/aromatic N) is 7. The fraction of sp³-hybridized carbons (Fsp3) is 0.529. The molecule has 4 rings (SSSR count). The van der Waals surface area contributed by atoms with Crippen molar-refractivity contribution in [2.24, 2.45) is 0 Å². The zero-order chi connectivity index (χ0) is 17.9. The van der Waals surface area contributed by atoms with E-state index in [4.69, 9.17) is 9.72 Å². The molecule has 2 aromatic rings. The highest BCUT2D eigenvalue weighted by molar-refractivity contribution is 5.49. The number of morpholine rings is 1. The molecule has 138 valence electrons. The third kappa shape index (κ3) is 3.52. The molecule has 4 heterocycles. The second-order valence-electron chi connectivity index (χ2n) is 6.44. The normalized spacial score (nSPS) is 18.3. The summed E-state index contributed by atoms with van der Waals surface area (Å²) in [4.78, 5) is 23.4. The topological polar surface area (TPSA) is 70.5 Å². The van der Waals surface area contributed by atoms with Gasteiger partial charge in [0.05, 0.1) is 19.4 Å². The first-order chi connectivity index (χ1) is 12.7. The van der Waals surface area contributed by atoms with Crippen LogP contribution in [0.5, 0.6) is 0 Å². The maximum Gasteiger partial charge on any atom is 0.227 e.